The van der Waals surface area contributed by atoms with Crippen molar-refractivity contribution < 1.29 is 4.79 Å². The van der Waals surface area contributed by atoms with Gasteiger partial charge in [-0.1, -0.05) is 29.8 Å². The second-order valence-electron chi connectivity index (χ2n) is 4.37. The lowest BCUT2D eigenvalue weighted by Gasteiger charge is -2.19. The minimum absolute atomic E-state index is 0.182. The average Bonchev–Trinajstić information content (AvgIpc) is 2.48. The zero-order valence-corrected chi connectivity index (χ0v) is 12.0. The molecule has 1 aromatic heterocycles. The monoisotopic (exact) mass is 289 g/mol. The highest BCUT2D eigenvalue weighted by atomic mass is 35.5. The number of nitrogens with one attached hydrogen (secondary N) is 1. The van der Waals surface area contributed by atoms with Gasteiger partial charge in [0.25, 0.3) is 5.91 Å². The van der Waals surface area contributed by atoms with E-state index in [1.165, 1.54) is 6.20 Å². The minimum atomic E-state index is -0.182. The van der Waals surface area contributed by atoms with E-state index >= 15 is 0 Å². The van der Waals surface area contributed by atoms with Crippen LogP contribution in [0, 0.1) is 0 Å². The number of anilines is 1. The van der Waals surface area contributed by atoms with E-state index in [0.717, 1.165) is 12.2 Å². The number of rotatable bonds is 5. The van der Waals surface area contributed by atoms with Gasteiger partial charge in [-0.3, -0.25) is 9.78 Å². The van der Waals surface area contributed by atoms with Crippen LogP contribution in [0.3, 0.4) is 0 Å². The van der Waals surface area contributed by atoms with E-state index in [0.29, 0.717) is 17.1 Å². The third-order valence-corrected chi connectivity index (χ3v) is 3.25. The molecule has 0 radical (unpaired) electrons. The summed E-state index contributed by atoms with van der Waals surface area (Å²) in [6.07, 6.45) is 3.02. The van der Waals surface area contributed by atoms with E-state index in [-0.39, 0.29) is 5.91 Å². The number of para-hydroxylation sites is 1. The molecule has 1 N–H and O–H groups in total. The summed E-state index contributed by atoms with van der Waals surface area (Å²) in [5.41, 5.74) is 1.56. The Labute approximate surface area is 123 Å². The van der Waals surface area contributed by atoms with E-state index in [2.05, 4.69) is 15.2 Å². The molecule has 0 unspecified atom stereocenters. The molecule has 0 aliphatic rings. The van der Waals surface area contributed by atoms with Gasteiger partial charge in [0.1, 0.15) is 0 Å². The van der Waals surface area contributed by atoms with Crippen LogP contribution in [-0.4, -0.2) is 31.0 Å². The fraction of sp³-hybridized carbons (Fsp3) is 0.200. The smallest absolute Gasteiger partial charge is 0.252 e. The van der Waals surface area contributed by atoms with E-state index < -0.39 is 0 Å². The van der Waals surface area contributed by atoms with Gasteiger partial charge in [0.05, 0.1) is 10.6 Å². The summed E-state index contributed by atoms with van der Waals surface area (Å²) < 4.78 is 0. The molecule has 1 aromatic carbocycles. The Morgan fingerprint density at radius 3 is 2.75 bits per heavy atom. The van der Waals surface area contributed by atoms with Gasteiger partial charge in [-0.05, 0) is 18.2 Å². The largest absolute Gasteiger partial charge is 0.373 e. The van der Waals surface area contributed by atoms with Crippen LogP contribution < -0.4 is 10.2 Å². The molecule has 1 heterocycles. The Balaban J connectivity index is 1.84. The summed E-state index contributed by atoms with van der Waals surface area (Å²) in [6.45, 7) is 1.27. The van der Waals surface area contributed by atoms with E-state index in [1.807, 2.05) is 37.4 Å². The Morgan fingerprint density at radius 2 is 2.05 bits per heavy atom. The van der Waals surface area contributed by atoms with Crippen molar-refractivity contribution in [1.29, 1.82) is 0 Å². The van der Waals surface area contributed by atoms with Gasteiger partial charge in [-0.15, -0.1) is 0 Å². The highest BCUT2D eigenvalue weighted by Gasteiger charge is 2.09. The molecule has 2 rings (SSSR count). The standard InChI is InChI=1S/C15H16ClN3O/c1-19(12-5-3-2-4-6-12)10-9-18-15(20)13-7-8-17-11-14(13)16/h2-8,11H,9-10H2,1H3,(H,18,20). The molecule has 104 valence electrons. The summed E-state index contributed by atoms with van der Waals surface area (Å²) in [7, 11) is 1.99. The number of carbonyl (C=O) groups excluding carboxylic acids is 1. The number of pyridine rings is 1. The van der Waals surface area contributed by atoms with E-state index in [1.54, 1.807) is 12.3 Å². The van der Waals surface area contributed by atoms with Gasteiger partial charge in [-0.25, -0.2) is 0 Å². The third-order valence-electron chi connectivity index (χ3n) is 2.95. The van der Waals surface area contributed by atoms with Gasteiger partial charge in [0.15, 0.2) is 0 Å². The number of halogens is 1. The van der Waals surface area contributed by atoms with Crippen LogP contribution in [0.4, 0.5) is 5.69 Å². The fourth-order valence-corrected chi connectivity index (χ4v) is 2.01. The molecule has 0 fully saturated rings. The van der Waals surface area contributed by atoms with Crippen molar-refractivity contribution in [2.45, 2.75) is 0 Å². The zero-order valence-electron chi connectivity index (χ0n) is 11.2. The normalized spacial score (nSPS) is 10.1. The fourth-order valence-electron chi connectivity index (χ4n) is 1.80. The lowest BCUT2D eigenvalue weighted by Crippen LogP contribution is -2.33. The maximum absolute atomic E-state index is 11.9. The molecule has 0 saturated carbocycles. The van der Waals surface area contributed by atoms with Crippen molar-refractivity contribution in [2.75, 3.05) is 25.0 Å². The second-order valence-corrected chi connectivity index (χ2v) is 4.78. The van der Waals surface area contributed by atoms with Crippen LogP contribution in [0.25, 0.3) is 0 Å². The van der Waals surface area contributed by atoms with Crippen molar-refractivity contribution in [3.63, 3.8) is 0 Å². The predicted octanol–water partition coefficient (Wildman–Crippen LogP) is 2.60. The lowest BCUT2D eigenvalue weighted by molar-refractivity contribution is 0.0955. The topological polar surface area (TPSA) is 45.2 Å². The maximum atomic E-state index is 11.9. The molecule has 0 aliphatic carbocycles. The van der Waals surface area contributed by atoms with Gasteiger partial charge < -0.3 is 10.2 Å². The van der Waals surface area contributed by atoms with Crippen LogP contribution in [0.1, 0.15) is 10.4 Å². The number of hydrogen-bond acceptors (Lipinski definition) is 3. The quantitative estimate of drug-likeness (QED) is 0.920. The van der Waals surface area contributed by atoms with Gasteiger partial charge in [0.2, 0.25) is 0 Å². The molecule has 0 aliphatic heterocycles. The number of hydrogen-bond donors (Lipinski definition) is 1. The molecule has 0 atom stereocenters. The van der Waals surface area contributed by atoms with Crippen LogP contribution in [0.5, 0.6) is 0 Å². The first-order chi connectivity index (χ1) is 9.68. The second kappa shape index (κ2) is 6.91. The summed E-state index contributed by atoms with van der Waals surface area (Å²) in [6, 6.07) is 11.6. The van der Waals surface area contributed by atoms with E-state index in [9.17, 15) is 4.79 Å². The average molecular weight is 290 g/mol. The number of likely N-dealkylation sites (N-methyl/N-ethyl adjacent to an activating group) is 1. The minimum Gasteiger partial charge on any atom is -0.373 e. The molecular formula is C15H16ClN3O. The number of nitrogens with zero attached hydrogens (tertiary/aromatic N) is 2. The summed E-state index contributed by atoms with van der Waals surface area (Å²) >= 11 is 5.92. The van der Waals surface area contributed by atoms with Crippen LogP contribution in [-0.2, 0) is 0 Å². The third kappa shape index (κ3) is 3.71. The number of carbonyl (C=O) groups is 1. The van der Waals surface area contributed by atoms with Crippen molar-refractivity contribution in [2.24, 2.45) is 0 Å². The van der Waals surface area contributed by atoms with Crippen molar-refractivity contribution in [3.05, 3.63) is 59.4 Å². The molecule has 5 heteroatoms. The maximum Gasteiger partial charge on any atom is 0.252 e. The molecule has 20 heavy (non-hydrogen) atoms. The zero-order chi connectivity index (χ0) is 14.4. The van der Waals surface area contributed by atoms with Crippen LogP contribution >= 0.6 is 11.6 Å². The SMILES string of the molecule is CN(CCNC(=O)c1ccncc1Cl)c1ccccc1. The summed E-state index contributed by atoms with van der Waals surface area (Å²) in [4.78, 5) is 17.9. The highest BCUT2D eigenvalue weighted by molar-refractivity contribution is 6.33. The summed E-state index contributed by atoms with van der Waals surface area (Å²) in [5.74, 6) is -0.182. The molecule has 0 spiro atoms. The van der Waals surface area contributed by atoms with Gasteiger partial charge >= 0.3 is 0 Å². The van der Waals surface area contributed by atoms with E-state index in [4.69, 9.17) is 11.6 Å². The van der Waals surface area contributed by atoms with Gasteiger partial charge in [0, 0.05) is 38.2 Å². The van der Waals surface area contributed by atoms with Gasteiger partial charge in [-0.2, -0.15) is 0 Å². The molecule has 1 amide bonds. The highest BCUT2D eigenvalue weighted by Crippen LogP contribution is 2.13. The van der Waals surface area contributed by atoms with Crippen molar-refractivity contribution >= 4 is 23.2 Å². The predicted molar refractivity (Wildman–Crippen MR) is 81.3 cm³/mol. The number of amides is 1. The van der Waals surface area contributed by atoms with Crippen molar-refractivity contribution in [1.82, 2.24) is 10.3 Å². The molecule has 0 bridgehead atoms. The Bertz CT molecular complexity index is 574. The summed E-state index contributed by atoms with van der Waals surface area (Å²) in [5, 5.41) is 3.21. The molecule has 0 saturated heterocycles. The molecular weight excluding hydrogens is 274 g/mol. The first kappa shape index (κ1) is 14.3. The first-order valence-electron chi connectivity index (χ1n) is 6.32. The molecule has 4 nitrogen and oxygen atoms in total. The first-order valence-corrected chi connectivity index (χ1v) is 6.70. The van der Waals surface area contributed by atoms with Crippen LogP contribution in [0.2, 0.25) is 5.02 Å². The van der Waals surface area contributed by atoms with Crippen molar-refractivity contribution in [3.8, 4) is 0 Å². The lowest BCUT2D eigenvalue weighted by atomic mass is 10.2. The number of aromatic nitrogens is 1. The van der Waals surface area contributed by atoms with Crippen LogP contribution in [0.15, 0.2) is 48.8 Å². The Morgan fingerprint density at radius 1 is 1.30 bits per heavy atom. The molecule has 2 aromatic rings. The Kier molecular flexibility index (Phi) is 4.96. The Hall–Kier alpha value is -2.07. The number of benzene rings is 1.